The molecule has 0 bridgehead atoms. The lowest BCUT2D eigenvalue weighted by Gasteiger charge is -2.00. The number of carbonyl (C=O) groups excluding carboxylic acids is 2. The van der Waals surface area contributed by atoms with Gasteiger partial charge in [0, 0.05) is 22.9 Å². The van der Waals surface area contributed by atoms with Gasteiger partial charge in [-0.25, -0.2) is 9.97 Å². The number of aliphatic carboxylic acids is 1. The molecule has 0 fully saturated rings. The molecule has 2 heterocycles. The van der Waals surface area contributed by atoms with E-state index in [9.17, 15) is 14.4 Å². The zero-order valence-corrected chi connectivity index (χ0v) is 15.4. The number of carboxylic acid groups (broad SMARTS) is 1. The number of anilines is 2. The molecular weight excluding hydrogens is 364 g/mol. The second-order valence-electron chi connectivity index (χ2n) is 5.53. The highest BCUT2D eigenvalue weighted by atomic mass is 32.1. The van der Waals surface area contributed by atoms with Crippen LogP contribution in [-0.2, 0) is 20.8 Å². The molecule has 10 heteroatoms. The van der Waals surface area contributed by atoms with Crippen molar-refractivity contribution in [1.82, 2.24) is 9.97 Å². The van der Waals surface area contributed by atoms with E-state index in [1.165, 1.54) is 22.7 Å². The molecule has 0 atom stereocenters. The smallest absolute Gasteiger partial charge is 0.303 e. The van der Waals surface area contributed by atoms with Crippen LogP contribution in [0.25, 0.3) is 0 Å². The topological polar surface area (TPSA) is 121 Å². The number of carbonyl (C=O) groups is 3. The van der Waals surface area contributed by atoms with Crippen LogP contribution in [0.4, 0.5) is 10.3 Å². The quantitative estimate of drug-likeness (QED) is 0.645. The molecule has 2 aromatic heterocycles. The minimum Gasteiger partial charge on any atom is -0.481 e. The molecule has 0 aliphatic carbocycles. The Bertz CT molecular complexity index is 769. The number of hydrogen-bond donors (Lipinski definition) is 3. The number of thiazole rings is 2. The first-order valence-corrected chi connectivity index (χ1v) is 9.24. The van der Waals surface area contributed by atoms with Gasteiger partial charge in [0.1, 0.15) is 0 Å². The van der Waals surface area contributed by atoms with E-state index in [1.54, 1.807) is 11.6 Å². The highest BCUT2D eigenvalue weighted by molar-refractivity contribution is 7.15. The maximum Gasteiger partial charge on any atom is 0.303 e. The Morgan fingerprint density at radius 3 is 2.52 bits per heavy atom. The Hall–Kier alpha value is -2.33. The second-order valence-corrected chi connectivity index (χ2v) is 7.45. The zero-order chi connectivity index (χ0) is 18.4. The Kier molecular flexibility index (Phi) is 6.59. The van der Waals surface area contributed by atoms with E-state index < -0.39 is 11.9 Å². The molecule has 0 spiro atoms. The van der Waals surface area contributed by atoms with Crippen LogP contribution in [0.2, 0.25) is 0 Å². The Balaban J connectivity index is 1.84. The summed E-state index contributed by atoms with van der Waals surface area (Å²) in [5.41, 5.74) is 0.525. The van der Waals surface area contributed by atoms with E-state index in [-0.39, 0.29) is 25.2 Å². The van der Waals surface area contributed by atoms with Crippen molar-refractivity contribution in [2.45, 2.75) is 39.0 Å². The monoisotopic (exact) mass is 382 g/mol. The molecule has 25 heavy (non-hydrogen) atoms. The van der Waals surface area contributed by atoms with Gasteiger partial charge in [-0.05, 0) is 5.92 Å². The van der Waals surface area contributed by atoms with E-state index in [0.29, 0.717) is 21.9 Å². The van der Waals surface area contributed by atoms with Gasteiger partial charge in [0.05, 0.1) is 18.5 Å². The van der Waals surface area contributed by atoms with E-state index in [1.807, 2.05) is 0 Å². The molecule has 2 rings (SSSR count). The largest absolute Gasteiger partial charge is 0.481 e. The zero-order valence-electron chi connectivity index (χ0n) is 13.7. The Morgan fingerprint density at radius 2 is 1.88 bits per heavy atom. The minimum absolute atomic E-state index is 0.0675. The van der Waals surface area contributed by atoms with Gasteiger partial charge in [-0.2, -0.15) is 0 Å². The average Bonchev–Trinajstić information content (AvgIpc) is 3.15. The van der Waals surface area contributed by atoms with E-state index in [4.69, 9.17) is 5.11 Å². The van der Waals surface area contributed by atoms with Crippen LogP contribution < -0.4 is 10.6 Å². The first-order valence-electron chi connectivity index (χ1n) is 7.55. The minimum atomic E-state index is -1.03. The average molecular weight is 382 g/mol. The molecule has 0 saturated carbocycles. The van der Waals surface area contributed by atoms with Crippen molar-refractivity contribution in [2.24, 2.45) is 0 Å². The van der Waals surface area contributed by atoms with E-state index in [2.05, 4.69) is 34.4 Å². The Labute approximate surface area is 152 Å². The van der Waals surface area contributed by atoms with Crippen molar-refractivity contribution in [2.75, 3.05) is 10.6 Å². The van der Waals surface area contributed by atoms with Gasteiger partial charge in [-0.1, -0.05) is 13.8 Å². The summed E-state index contributed by atoms with van der Waals surface area (Å²) in [6, 6.07) is 0. The number of nitrogens with one attached hydrogen (secondary N) is 2. The Morgan fingerprint density at radius 1 is 1.16 bits per heavy atom. The van der Waals surface area contributed by atoms with E-state index >= 15 is 0 Å². The standard InChI is InChI=1S/C15H18N4O4S2/c1-8(2)10-6-16-14(25-10)19-12(21)5-9-7-24-15(17-9)18-11(20)3-4-13(22)23/h6-8H,3-5H2,1-2H3,(H,22,23)(H,16,19,21)(H,17,18,20). The van der Waals surface area contributed by atoms with Crippen molar-refractivity contribution in [3.05, 3.63) is 22.1 Å². The van der Waals surface area contributed by atoms with E-state index in [0.717, 1.165) is 4.88 Å². The third kappa shape index (κ3) is 6.24. The highest BCUT2D eigenvalue weighted by Gasteiger charge is 2.13. The molecule has 0 radical (unpaired) electrons. The van der Waals surface area contributed by atoms with Crippen LogP contribution in [0, 0.1) is 0 Å². The highest BCUT2D eigenvalue weighted by Crippen LogP contribution is 2.25. The van der Waals surface area contributed by atoms with Gasteiger partial charge in [0.25, 0.3) is 0 Å². The molecule has 2 amide bonds. The van der Waals surface area contributed by atoms with Crippen LogP contribution in [0.1, 0.15) is 43.2 Å². The molecule has 8 nitrogen and oxygen atoms in total. The first-order chi connectivity index (χ1) is 11.8. The summed E-state index contributed by atoms with van der Waals surface area (Å²) >= 11 is 2.62. The SMILES string of the molecule is CC(C)c1cnc(NC(=O)Cc2csc(NC(=O)CCC(=O)O)n2)s1. The maximum atomic E-state index is 12.0. The summed E-state index contributed by atoms with van der Waals surface area (Å²) in [5.74, 6) is -1.33. The van der Waals surface area contributed by atoms with Crippen molar-refractivity contribution in [3.8, 4) is 0 Å². The normalized spacial score (nSPS) is 10.7. The fraction of sp³-hybridized carbons (Fsp3) is 0.400. The number of amides is 2. The van der Waals surface area contributed by atoms with Crippen molar-refractivity contribution >= 4 is 50.7 Å². The van der Waals surface area contributed by atoms with Gasteiger partial charge in [0.2, 0.25) is 11.8 Å². The summed E-state index contributed by atoms with van der Waals surface area (Å²) in [4.78, 5) is 43.4. The second kappa shape index (κ2) is 8.67. The summed E-state index contributed by atoms with van der Waals surface area (Å²) in [6.07, 6.45) is 1.46. The van der Waals surface area contributed by atoms with Gasteiger partial charge in [-0.3, -0.25) is 14.4 Å². The summed E-state index contributed by atoms with van der Waals surface area (Å²) in [5, 5.41) is 16.4. The van der Waals surface area contributed by atoms with Crippen molar-refractivity contribution < 1.29 is 19.5 Å². The van der Waals surface area contributed by atoms with Crippen LogP contribution in [0.3, 0.4) is 0 Å². The maximum absolute atomic E-state index is 12.0. The number of hydrogen-bond acceptors (Lipinski definition) is 7. The van der Waals surface area contributed by atoms with Crippen LogP contribution in [0.15, 0.2) is 11.6 Å². The first kappa shape index (κ1) is 19.0. The van der Waals surface area contributed by atoms with Gasteiger partial charge >= 0.3 is 5.97 Å². The molecule has 3 N–H and O–H groups in total. The molecule has 0 unspecified atom stereocenters. The number of aromatic nitrogens is 2. The molecular formula is C15H18N4O4S2. The molecule has 0 aromatic carbocycles. The third-order valence-electron chi connectivity index (χ3n) is 3.04. The predicted molar refractivity (Wildman–Crippen MR) is 96.2 cm³/mol. The lowest BCUT2D eigenvalue weighted by molar-refractivity contribution is -0.138. The van der Waals surface area contributed by atoms with Crippen LogP contribution in [0.5, 0.6) is 0 Å². The lowest BCUT2D eigenvalue weighted by Crippen LogP contribution is -2.15. The molecule has 0 aliphatic heterocycles. The number of nitrogens with zero attached hydrogens (tertiary/aromatic N) is 2. The predicted octanol–water partition coefficient (Wildman–Crippen LogP) is 2.71. The lowest BCUT2D eigenvalue weighted by atomic mass is 10.2. The van der Waals surface area contributed by atoms with Crippen molar-refractivity contribution in [1.29, 1.82) is 0 Å². The van der Waals surface area contributed by atoms with Gasteiger partial charge in [0.15, 0.2) is 10.3 Å². The summed E-state index contributed by atoms with van der Waals surface area (Å²) in [7, 11) is 0. The van der Waals surface area contributed by atoms with Gasteiger partial charge < -0.3 is 15.7 Å². The molecule has 2 aromatic rings. The van der Waals surface area contributed by atoms with Gasteiger partial charge in [-0.15, -0.1) is 22.7 Å². The fourth-order valence-electron chi connectivity index (χ4n) is 1.79. The third-order valence-corrected chi connectivity index (χ3v) is 5.06. The summed E-state index contributed by atoms with van der Waals surface area (Å²) in [6.45, 7) is 4.11. The fourth-order valence-corrected chi connectivity index (χ4v) is 3.35. The van der Waals surface area contributed by atoms with Crippen LogP contribution >= 0.6 is 22.7 Å². The molecule has 0 saturated heterocycles. The van der Waals surface area contributed by atoms with Crippen LogP contribution in [-0.4, -0.2) is 32.9 Å². The number of rotatable bonds is 8. The summed E-state index contributed by atoms with van der Waals surface area (Å²) < 4.78 is 0. The molecule has 0 aliphatic rings. The number of carboxylic acids is 1. The van der Waals surface area contributed by atoms with Crippen molar-refractivity contribution in [3.63, 3.8) is 0 Å². The molecule has 134 valence electrons.